The van der Waals surface area contributed by atoms with Gasteiger partial charge >= 0.3 is 0 Å². The number of nitrogens with zero attached hydrogens (tertiary/aromatic N) is 5. The van der Waals surface area contributed by atoms with E-state index in [1.807, 2.05) is 58.9 Å². The summed E-state index contributed by atoms with van der Waals surface area (Å²) in [6.45, 7) is 11.9. The van der Waals surface area contributed by atoms with Gasteiger partial charge in [-0.2, -0.15) is 9.40 Å². The van der Waals surface area contributed by atoms with E-state index in [4.69, 9.17) is 28.2 Å². The maximum Gasteiger partial charge on any atom is 0.243 e. The minimum Gasteiger partial charge on any atom is -0.370 e. The molecular weight excluding hydrogens is 505 g/mol. The van der Waals surface area contributed by atoms with Crippen molar-refractivity contribution in [3.05, 3.63) is 63.9 Å². The minimum absolute atomic E-state index is 0.207. The third-order valence-electron chi connectivity index (χ3n) is 5.86. The lowest BCUT2D eigenvalue weighted by Crippen LogP contribution is -2.30. The number of halogens is 2. The highest BCUT2D eigenvalue weighted by Crippen LogP contribution is 2.33. The highest BCUT2D eigenvalue weighted by atomic mass is 35.5. The Bertz CT molecular complexity index is 1310. The third-order valence-corrected chi connectivity index (χ3v) is 8.58. The molecule has 0 aliphatic rings. The zero-order valence-electron chi connectivity index (χ0n) is 20.7. The number of rotatable bonds is 10. The molecule has 0 atom stereocenters. The van der Waals surface area contributed by atoms with Crippen molar-refractivity contribution in [1.82, 2.24) is 14.1 Å². The number of sulfonamides is 1. The Morgan fingerprint density at radius 1 is 1.00 bits per heavy atom. The molecule has 0 aliphatic heterocycles. The quantitative estimate of drug-likeness (QED) is 0.293. The molecule has 0 bridgehead atoms. The maximum absolute atomic E-state index is 13.2. The number of aromatic nitrogens is 2. The van der Waals surface area contributed by atoms with Gasteiger partial charge in [0.1, 0.15) is 5.15 Å². The first-order valence-electron chi connectivity index (χ1n) is 11.6. The smallest absolute Gasteiger partial charge is 0.243 e. The van der Waals surface area contributed by atoms with Crippen LogP contribution in [-0.4, -0.2) is 54.9 Å². The van der Waals surface area contributed by atoms with Crippen LogP contribution in [0.3, 0.4) is 0 Å². The number of benzene rings is 2. The minimum atomic E-state index is -3.63. The van der Waals surface area contributed by atoms with Crippen molar-refractivity contribution in [2.24, 2.45) is 4.99 Å². The van der Waals surface area contributed by atoms with E-state index in [0.29, 0.717) is 45.9 Å². The summed E-state index contributed by atoms with van der Waals surface area (Å²) in [5.41, 5.74) is 3.36. The van der Waals surface area contributed by atoms with Crippen LogP contribution in [-0.2, 0) is 10.0 Å². The van der Waals surface area contributed by atoms with Gasteiger partial charge in [-0.25, -0.2) is 13.1 Å². The lowest BCUT2D eigenvalue weighted by molar-refractivity contribution is 0.445. The number of anilines is 1. The molecule has 0 saturated carbocycles. The number of hydrogen-bond donors (Lipinski definition) is 0. The Hall–Kier alpha value is -2.39. The monoisotopic (exact) mass is 535 g/mol. The van der Waals surface area contributed by atoms with Crippen molar-refractivity contribution in [3.8, 4) is 5.69 Å². The zero-order chi connectivity index (χ0) is 25.8. The number of hydrogen-bond acceptors (Lipinski definition) is 5. The van der Waals surface area contributed by atoms with Gasteiger partial charge in [0.25, 0.3) is 0 Å². The maximum atomic E-state index is 13.2. The van der Waals surface area contributed by atoms with Crippen molar-refractivity contribution in [1.29, 1.82) is 0 Å². The largest absolute Gasteiger partial charge is 0.370 e. The van der Waals surface area contributed by atoms with E-state index in [0.717, 1.165) is 18.8 Å². The first-order valence-corrected chi connectivity index (χ1v) is 13.8. The highest BCUT2D eigenvalue weighted by Gasteiger charge is 2.23. The molecule has 0 amide bonds. The molecule has 35 heavy (non-hydrogen) atoms. The average Bonchev–Trinajstić information content (AvgIpc) is 3.12. The molecule has 0 aliphatic carbocycles. The van der Waals surface area contributed by atoms with E-state index >= 15 is 0 Å². The fourth-order valence-electron chi connectivity index (χ4n) is 3.89. The summed E-state index contributed by atoms with van der Waals surface area (Å²) >= 11 is 13.0. The molecular formula is C25H31Cl2N5O2S. The van der Waals surface area contributed by atoms with Crippen LogP contribution in [0.2, 0.25) is 10.2 Å². The molecule has 0 fully saturated rings. The fourth-order valence-corrected chi connectivity index (χ4v) is 5.90. The van der Waals surface area contributed by atoms with Crippen LogP contribution >= 0.6 is 23.2 Å². The van der Waals surface area contributed by atoms with E-state index < -0.39 is 10.0 Å². The van der Waals surface area contributed by atoms with Gasteiger partial charge in [0.15, 0.2) is 0 Å². The first-order chi connectivity index (χ1) is 16.7. The second-order valence-electron chi connectivity index (χ2n) is 7.82. The summed E-state index contributed by atoms with van der Waals surface area (Å²) in [7, 11) is -3.63. The van der Waals surface area contributed by atoms with Crippen LogP contribution in [0.1, 0.15) is 39.0 Å². The van der Waals surface area contributed by atoms with E-state index in [1.54, 1.807) is 29.1 Å². The van der Waals surface area contributed by atoms with Gasteiger partial charge in [0.2, 0.25) is 10.0 Å². The summed E-state index contributed by atoms with van der Waals surface area (Å²) in [6.07, 6.45) is 1.63. The standard InChI is InChI=1S/C25H31Cl2N5O2S/c1-6-30(7-2)24-15-14-19(35(33,34)31(8-3)9-4)16-22(24)28-17-20-18(5)29-32(25(20)27)23-13-11-10-12-21(23)26/h10-17H,6-9H2,1-5H3. The third kappa shape index (κ3) is 5.56. The summed E-state index contributed by atoms with van der Waals surface area (Å²) < 4.78 is 29.3. The molecule has 1 heterocycles. The van der Waals surface area contributed by atoms with Gasteiger partial charge in [-0.05, 0) is 51.1 Å². The van der Waals surface area contributed by atoms with Gasteiger partial charge in [-0.1, -0.05) is 49.2 Å². The van der Waals surface area contributed by atoms with E-state index in [-0.39, 0.29) is 4.90 Å². The van der Waals surface area contributed by atoms with E-state index in [1.165, 1.54) is 4.31 Å². The fraction of sp³-hybridized carbons (Fsp3) is 0.360. The second-order valence-corrected chi connectivity index (χ2v) is 10.5. The number of aryl methyl sites for hydroxylation is 1. The van der Waals surface area contributed by atoms with Crippen molar-refractivity contribution in [2.45, 2.75) is 39.5 Å². The van der Waals surface area contributed by atoms with Crippen LogP contribution in [0.15, 0.2) is 52.4 Å². The van der Waals surface area contributed by atoms with E-state index in [9.17, 15) is 8.42 Å². The highest BCUT2D eigenvalue weighted by molar-refractivity contribution is 7.89. The summed E-state index contributed by atoms with van der Waals surface area (Å²) in [6, 6.07) is 12.4. The van der Waals surface area contributed by atoms with Crippen LogP contribution < -0.4 is 4.90 Å². The first kappa shape index (κ1) is 27.2. The molecule has 2 aromatic carbocycles. The van der Waals surface area contributed by atoms with Crippen LogP contribution in [0.4, 0.5) is 11.4 Å². The molecule has 0 spiro atoms. The van der Waals surface area contributed by atoms with Crippen LogP contribution in [0.5, 0.6) is 0 Å². The van der Waals surface area contributed by atoms with Gasteiger partial charge in [-0.15, -0.1) is 0 Å². The Kier molecular flexibility index (Phi) is 8.99. The molecule has 0 radical (unpaired) electrons. The topological polar surface area (TPSA) is 70.8 Å². The van der Waals surface area contributed by atoms with E-state index in [2.05, 4.69) is 10.00 Å². The summed E-state index contributed by atoms with van der Waals surface area (Å²) in [5.74, 6) is 0. The van der Waals surface area contributed by atoms with Crippen LogP contribution in [0, 0.1) is 6.92 Å². The Morgan fingerprint density at radius 2 is 1.66 bits per heavy atom. The lowest BCUT2D eigenvalue weighted by Gasteiger charge is -2.24. The average molecular weight is 537 g/mol. The summed E-state index contributed by atoms with van der Waals surface area (Å²) in [4.78, 5) is 7.04. The predicted molar refractivity (Wildman–Crippen MR) is 146 cm³/mol. The van der Waals surface area contributed by atoms with Gasteiger partial charge in [0.05, 0.1) is 38.2 Å². The molecule has 10 heteroatoms. The Labute approximate surface area is 218 Å². The van der Waals surface area contributed by atoms with Crippen molar-refractivity contribution in [2.75, 3.05) is 31.1 Å². The molecule has 1 aromatic heterocycles. The molecule has 3 aromatic rings. The summed E-state index contributed by atoms with van der Waals surface area (Å²) in [5, 5.41) is 5.44. The molecule has 3 rings (SSSR count). The van der Waals surface area contributed by atoms with Crippen molar-refractivity contribution >= 4 is 50.8 Å². The Balaban J connectivity index is 2.12. The van der Waals surface area contributed by atoms with Gasteiger partial charge < -0.3 is 4.90 Å². The number of aliphatic imine (C=N–C) groups is 1. The molecule has 0 N–H and O–H groups in total. The predicted octanol–water partition coefficient (Wildman–Crippen LogP) is 6.11. The SMILES string of the molecule is CCN(CC)c1ccc(S(=O)(=O)N(CC)CC)cc1N=Cc1c(C)nn(-c2ccccc2Cl)c1Cl. The van der Waals surface area contributed by atoms with Gasteiger partial charge in [-0.3, -0.25) is 4.99 Å². The molecule has 0 saturated heterocycles. The molecule has 0 unspecified atom stereocenters. The number of para-hydroxylation sites is 1. The normalized spacial score (nSPS) is 12.1. The Morgan fingerprint density at radius 3 is 2.26 bits per heavy atom. The van der Waals surface area contributed by atoms with Crippen LogP contribution in [0.25, 0.3) is 5.69 Å². The molecule has 7 nitrogen and oxygen atoms in total. The van der Waals surface area contributed by atoms with Crippen molar-refractivity contribution in [3.63, 3.8) is 0 Å². The lowest BCUT2D eigenvalue weighted by atomic mass is 10.2. The molecule has 188 valence electrons. The second kappa shape index (κ2) is 11.6. The zero-order valence-corrected chi connectivity index (χ0v) is 23.0. The van der Waals surface area contributed by atoms with Crippen molar-refractivity contribution < 1.29 is 8.42 Å². The van der Waals surface area contributed by atoms with Gasteiger partial charge in [0, 0.05) is 32.4 Å².